The molecular formula is C21H21FN2O2S. The van der Waals surface area contributed by atoms with Crippen molar-refractivity contribution in [2.24, 2.45) is 0 Å². The lowest BCUT2D eigenvalue weighted by atomic mass is 10.2. The van der Waals surface area contributed by atoms with Crippen LogP contribution in [0.25, 0.3) is 10.9 Å². The molecule has 0 radical (unpaired) electrons. The van der Waals surface area contributed by atoms with E-state index in [-0.39, 0.29) is 17.4 Å². The maximum absolute atomic E-state index is 13.7. The minimum Gasteiger partial charge on any atom is -0.496 e. The van der Waals surface area contributed by atoms with Crippen LogP contribution in [0.3, 0.4) is 0 Å². The summed E-state index contributed by atoms with van der Waals surface area (Å²) in [5.74, 6) is 0.823. The fourth-order valence-corrected chi connectivity index (χ4v) is 4.76. The van der Waals surface area contributed by atoms with E-state index in [0.29, 0.717) is 27.6 Å². The van der Waals surface area contributed by atoms with Gasteiger partial charge in [-0.1, -0.05) is 36.7 Å². The molecule has 0 bridgehead atoms. The first-order valence-electron chi connectivity index (χ1n) is 9.14. The molecule has 1 aromatic heterocycles. The van der Waals surface area contributed by atoms with E-state index in [4.69, 9.17) is 9.72 Å². The van der Waals surface area contributed by atoms with Gasteiger partial charge in [-0.2, -0.15) is 0 Å². The molecule has 0 atom stereocenters. The molecule has 0 saturated heterocycles. The van der Waals surface area contributed by atoms with E-state index in [9.17, 15) is 9.18 Å². The van der Waals surface area contributed by atoms with Crippen LogP contribution in [0.1, 0.15) is 37.3 Å². The zero-order chi connectivity index (χ0) is 18.8. The Morgan fingerprint density at radius 3 is 2.78 bits per heavy atom. The standard InChI is InChI=1S/C21H21FN2O2S/c1-26-19-11-10-15(22)12-14(19)13-27-21-23-18-9-5-4-8-17(18)20(25)24(21)16-6-2-3-7-16/h4-5,8-12,16H,2-3,6-7,13H2,1H3. The van der Waals surface area contributed by atoms with Crippen LogP contribution in [-0.4, -0.2) is 16.7 Å². The number of hydrogen-bond donors (Lipinski definition) is 0. The van der Waals surface area contributed by atoms with Crippen LogP contribution in [0.2, 0.25) is 0 Å². The van der Waals surface area contributed by atoms with Gasteiger partial charge in [0.25, 0.3) is 5.56 Å². The first kappa shape index (κ1) is 18.0. The first-order valence-corrected chi connectivity index (χ1v) is 10.1. The normalized spacial score (nSPS) is 14.7. The maximum atomic E-state index is 13.7. The van der Waals surface area contributed by atoms with Gasteiger partial charge in [0.15, 0.2) is 5.16 Å². The van der Waals surface area contributed by atoms with Gasteiger partial charge in [0.2, 0.25) is 0 Å². The van der Waals surface area contributed by atoms with Gasteiger partial charge in [0, 0.05) is 17.4 Å². The average molecular weight is 384 g/mol. The van der Waals surface area contributed by atoms with Gasteiger partial charge < -0.3 is 4.74 Å². The molecule has 2 aromatic carbocycles. The van der Waals surface area contributed by atoms with Crippen molar-refractivity contribution >= 4 is 22.7 Å². The Bertz CT molecular complexity index is 1030. The molecule has 1 fully saturated rings. The Kier molecular flexibility index (Phi) is 5.16. The van der Waals surface area contributed by atoms with Crippen molar-refractivity contribution in [2.75, 3.05) is 7.11 Å². The number of halogens is 1. The molecule has 6 heteroatoms. The first-order chi connectivity index (χ1) is 13.2. The third-order valence-corrected chi connectivity index (χ3v) is 6.07. The van der Waals surface area contributed by atoms with Crippen molar-refractivity contribution in [2.45, 2.75) is 42.6 Å². The Morgan fingerprint density at radius 2 is 2.00 bits per heavy atom. The lowest BCUT2D eigenvalue weighted by Gasteiger charge is -2.19. The van der Waals surface area contributed by atoms with Crippen LogP contribution in [0.5, 0.6) is 5.75 Å². The number of benzene rings is 2. The highest BCUT2D eigenvalue weighted by Gasteiger charge is 2.23. The minimum atomic E-state index is -0.300. The number of ether oxygens (including phenoxy) is 1. The summed E-state index contributed by atoms with van der Waals surface area (Å²) in [5.41, 5.74) is 1.47. The van der Waals surface area contributed by atoms with E-state index in [0.717, 1.165) is 31.2 Å². The van der Waals surface area contributed by atoms with Gasteiger partial charge in [-0.05, 0) is 43.2 Å². The summed E-state index contributed by atoms with van der Waals surface area (Å²) in [6.45, 7) is 0. The van der Waals surface area contributed by atoms with Gasteiger partial charge in [-0.25, -0.2) is 9.37 Å². The summed E-state index contributed by atoms with van der Waals surface area (Å²) in [5, 5.41) is 1.34. The molecule has 140 valence electrons. The topological polar surface area (TPSA) is 44.1 Å². The molecule has 0 unspecified atom stereocenters. The molecule has 4 nitrogen and oxygen atoms in total. The molecule has 1 aliphatic carbocycles. The number of aromatic nitrogens is 2. The Balaban J connectivity index is 1.75. The van der Waals surface area contributed by atoms with E-state index in [1.54, 1.807) is 13.2 Å². The summed E-state index contributed by atoms with van der Waals surface area (Å²) in [6, 6.07) is 12.1. The summed E-state index contributed by atoms with van der Waals surface area (Å²) >= 11 is 1.46. The molecule has 0 spiro atoms. The molecule has 4 rings (SSSR count). The molecule has 0 N–H and O–H groups in total. The van der Waals surface area contributed by atoms with Gasteiger partial charge in [-0.15, -0.1) is 0 Å². The molecule has 27 heavy (non-hydrogen) atoms. The number of hydrogen-bond acceptors (Lipinski definition) is 4. The molecule has 1 heterocycles. The van der Waals surface area contributed by atoms with Gasteiger partial charge >= 0.3 is 0 Å². The molecule has 0 amide bonds. The number of rotatable bonds is 5. The lowest BCUT2D eigenvalue weighted by molar-refractivity contribution is 0.410. The number of thioether (sulfide) groups is 1. The molecular weight excluding hydrogens is 363 g/mol. The van der Waals surface area contributed by atoms with Crippen molar-refractivity contribution in [1.82, 2.24) is 9.55 Å². The Morgan fingerprint density at radius 1 is 1.22 bits per heavy atom. The Labute approximate surface area is 161 Å². The van der Waals surface area contributed by atoms with E-state index < -0.39 is 0 Å². The monoisotopic (exact) mass is 384 g/mol. The third kappa shape index (κ3) is 3.58. The summed E-state index contributed by atoms with van der Waals surface area (Å²) < 4.78 is 20.9. The van der Waals surface area contributed by atoms with Crippen molar-refractivity contribution in [1.29, 1.82) is 0 Å². The summed E-state index contributed by atoms with van der Waals surface area (Å²) in [4.78, 5) is 17.9. The van der Waals surface area contributed by atoms with E-state index in [1.807, 2.05) is 28.8 Å². The summed E-state index contributed by atoms with van der Waals surface area (Å²) in [7, 11) is 1.57. The second-order valence-corrected chi connectivity index (χ2v) is 7.71. The SMILES string of the molecule is COc1ccc(F)cc1CSc1nc2ccccc2c(=O)n1C1CCCC1. The zero-order valence-corrected chi connectivity index (χ0v) is 16.0. The van der Waals surface area contributed by atoms with Crippen LogP contribution < -0.4 is 10.3 Å². The maximum Gasteiger partial charge on any atom is 0.262 e. The second kappa shape index (κ2) is 7.72. The molecule has 3 aromatic rings. The highest BCUT2D eigenvalue weighted by Crippen LogP contribution is 2.34. The fourth-order valence-electron chi connectivity index (χ4n) is 3.71. The predicted octanol–water partition coefficient (Wildman–Crippen LogP) is 4.95. The molecule has 1 saturated carbocycles. The van der Waals surface area contributed by atoms with Crippen LogP contribution in [0.15, 0.2) is 52.4 Å². The van der Waals surface area contributed by atoms with Gasteiger partial charge in [-0.3, -0.25) is 9.36 Å². The van der Waals surface area contributed by atoms with E-state index in [1.165, 1.54) is 23.9 Å². The lowest BCUT2D eigenvalue weighted by Crippen LogP contribution is -2.26. The predicted molar refractivity (Wildman–Crippen MR) is 106 cm³/mol. The third-order valence-electron chi connectivity index (χ3n) is 5.06. The second-order valence-electron chi connectivity index (χ2n) is 6.77. The zero-order valence-electron chi connectivity index (χ0n) is 15.2. The number of fused-ring (bicyclic) bond motifs is 1. The van der Waals surface area contributed by atoms with E-state index >= 15 is 0 Å². The highest BCUT2D eigenvalue weighted by atomic mass is 32.2. The highest BCUT2D eigenvalue weighted by molar-refractivity contribution is 7.98. The number of nitrogens with zero attached hydrogens (tertiary/aromatic N) is 2. The van der Waals surface area contributed by atoms with Crippen LogP contribution in [0, 0.1) is 5.82 Å². The molecule has 0 aliphatic heterocycles. The van der Waals surface area contributed by atoms with E-state index in [2.05, 4.69) is 0 Å². The van der Waals surface area contributed by atoms with Gasteiger partial charge in [0.05, 0.1) is 18.0 Å². The van der Waals surface area contributed by atoms with Crippen molar-refractivity contribution in [3.63, 3.8) is 0 Å². The smallest absolute Gasteiger partial charge is 0.262 e. The number of para-hydroxylation sites is 1. The van der Waals surface area contributed by atoms with Gasteiger partial charge in [0.1, 0.15) is 11.6 Å². The van der Waals surface area contributed by atoms with Crippen molar-refractivity contribution in [3.8, 4) is 5.75 Å². The average Bonchev–Trinajstić information content (AvgIpc) is 3.21. The van der Waals surface area contributed by atoms with Crippen molar-refractivity contribution < 1.29 is 9.13 Å². The fraction of sp³-hybridized carbons (Fsp3) is 0.333. The van der Waals surface area contributed by atoms with Crippen molar-refractivity contribution in [3.05, 3.63) is 64.2 Å². The minimum absolute atomic E-state index is 0.0150. The van der Waals surface area contributed by atoms with Crippen LogP contribution in [-0.2, 0) is 5.75 Å². The van der Waals surface area contributed by atoms with Crippen LogP contribution >= 0.6 is 11.8 Å². The molecule has 1 aliphatic rings. The van der Waals surface area contributed by atoms with Crippen LogP contribution in [0.4, 0.5) is 4.39 Å². The quantitative estimate of drug-likeness (QED) is 0.461. The summed E-state index contributed by atoms with van der Waals surface area (Å²) in [6.07, 6.45) is 4.26. The number of methoxy groups -OCH3 is 1. The largest absolute Gasteiger partial charge is 0.496 e. The Hall–Kier alpha value is -2.34.